The Kier molecular flexibility index (Phi) is 4.95. The lowest BCUT2D eigenvalue weighted by Gasteiger charge is -2.13. The number of rotatable bonds is 6. The van der Waals surface area contributed by atoms with Crippen molar-refractivity contribution in [3.05, 3.63) is 40.3 Å². The summed E-state index contributed by atoms with van der Waals surface area (Å²) in [4.78, 5) is 29.2. The van der Waals surface area contributed by atoms with E-state index in [1.165, 1.54) is 6.07 Å². The van der Waals surface area contributed by atoms with Gasteiger partial charge >= 0.3 is 5.97 Å². The van der Waals surface area contributed by atoms with Crippen LogP contribution in [0, 0.1) is 0 Å². The normalized spacial score (nSPS) is 19.9. The highest BCUT2D eigenvalue weighted by atomic mass is 32.2. The van der Waals surface area contributed by atoms with E-state index < -0.39 is 21.1 Å². The molecular formula is C20H23N3O5S. The quantitative estimate of drug-likeness (QED) is 0.483. The Morgan fingerprint density at radius 1 is 1.28 bits per heavy atom. The second kappa shape index (κ2) is 7.31. The molecule has 8 nitrogen and oxygen atoms in total. The molecule has 1 aliphatic rings. The standard InChI is InChI=1S/C20H23N3O5S/c21-12-4-5-13(8-12)29(27,28)14-6-7-16-15(9-14)18-11(2-1-3-17(24)25)10-22-19(18)20(26)23-16/h6-7,9-10,12-13,22H,1-5,8,21H2,(H,23,26)(H,24,25)/t12?,13-/m0/s1. The zero-order valence-corrected chi connectivity index (χ0v) is 16.6. The molecule has 0 amide bonds. The highest BCUT2D eigenvalue weighted by molar-refractivity contribution is 7.92. The number of nitrogens with one attached hydrogen (secondary N) is 2. The van der Waals surface area contributed by atoms with Crippen molar-refractivity contribution in [1.82, 2.24) is 9.97 Å². The van der Waals surface area contributed by atoms with Gasteiger partial charge in [-0.2, -0.15) is 0 Å². The lowest BCUT2D eigenvalue weighted by Crippen LogP contribution is -2.22. The van der Waals surface area contributed by atoms with E-state index in [0.29, 0.717) is 53.9 Å². The van der Waals surface area contributed by atoms with Crippen LogP contribution in [-0.2, 0) is 21.1 Å². The molecular weight excluding hydrogens is 394 g/mol. The van der Waals surface area contributed by atoms with Crippen LogP contribution in [0.1, 0.15) is 37.7 Å². The first kappa shape index (κ1) is 19.7. The van der Waals surface area contributed by atoms with Crippen molar-refractivity contribution >= 4 is 37.6 Å². The number of nitrogens with two attached hydrogens (primary N) is 1. The van der Waals surface area contributed by atoms with Gasteiger partial charge in [0.1, 0.15) is 5.52 Å². The topological polar surface area (TPSA) is 146 Å². The number of carboxylic acid groups (broad SMARTS) is 1. The summed E-state index contributed by atoms with van der Waals surface area (Å²) in [6, 6.07) is 4.66. The second-order valence-corrected chi connectivity index (χ2v) is 9.94. The van der Waals surface area contributed by atoms with Gasteiger partial charge in [-0.25, -0.2) is 8.42 Å². The smallest absolute Gasteiger partial charge is 0.303 e. The van der Waals surface area contributed by atoms with E-state index in [9.17, 15) is 18.0 Å². The maximum Gasteiger partial charge on any atom is 0.303 e. The van der Waals surface area contributed by atoms with E-state index in [1.54, 1.807) is 18.3 Å². The van der Waals surface area contributed by atoms with Gasteiger partial charge in [-0.15, -0.1) is 0 Å². The molecule has 5 N–H and O–H groups in total. The van der Waals surface area contributed by atoms with Crippen molar-refractivity contribution in [2.75, 3.05) is 0 Å². The minimum absolute atomic E-state index is 0.0232. The molecule has 0 bridgehead atoms. The number of fused-ring (bicyclic) bond motifs is 3. The summed E-state index contributed by atoms with van der Waals surface area (Å²) >= 11 is 0. The number of aryl methyl sites for hydroxylation is 1. The molecule has 9 heteroatoms. The van der Waals surface area contributed by atoms with Crippen molar-refractivity contribution in [3.63, 3.8) is 0 Å². The number of carbonyl (C=O) groups is 1. The van der Waals surface area contributed by atoms with E-state index in [4.69, 9.17) is 10.8 Å². The average molecular weight is 417 g/mol. The first-order chi connectivity index (χ1) is 13.8. The number of carboxylic acids is 1. The molecule has 2 heterocycles. The Hall–Kier alpha value is -2.65. The molecule has 0 spiro atoms. The fraction of sp³-hybridized carbons (Fsp3) is 0.400. The molecule has 2 aromatic heterocycles. The van der Waals surface area contributed by atoms with Crippen molar-refractivity contribution in [1.29, 1.82) is 0 Å². The van der Waals surface area contributed by atoms with Crippen LogP contribution in [0.5, 0.6) is 0 Å². The fourth-order valence-corrected chi connectivity index (χ4v) is 6.10. The lowest BCUT2D eigenvalue weighted by atomic mass is 10.0. The third-order valence-electron chi connectivity index (χ3n) is 5.73. The van der Waals surface area contributed by atoms with Crippen LogP contribution in [0.25, 0.3) is 21.8 Å². The highest BCUT2D eigenvalue weighted by Crippen LogP contribution is 2.32. The summed E-state index contributed by atoms with van der Waals surface area (Å²) < 4.78 is 26.2. The van der Waals surface area contributed by atoms with Gasteiger partial charge in [0.15, 0.2) is 9.84 Å². The number of aromatic nitrogens is 2. The van der Waals surface area contributed by atoms with E-state index in [0.717, 1.165) is 5.56 Å². The number of benzene rings is 1. The van der Waals surface area contributed by atoms with Crippen LogP contribution in [0.3, 0.4) is 0 Å². The van der Waals surface area contributed by atoms with Crippen molar-refractivity contribution in [2.45, 2.75) is 54.7 Å². The SMILES string of the molecule is NC1CC[C@H](S(=O)(=O)c2ccc3[nH]c(=O)c4[nH]cc(CCCC(=O)O)c4c3c2)C1. The second-order valence-electron chi connectivity index (χ2n) is 7.71. The molecule has 154 valence electrons. The Morgan fingerprint density at radius 2 is 2.07 bits per heavy atom. The number of hydrogen-bond acceptors (Lipinski definition) is 5. The monoisotopic (exact) mass is 417 g/mol. The zero-order chi connectivity index (χ0) is 20.8. The third kappa shape index (κ3) is 3.56. The van der Waals surface area contributed by atoms with Gasteiger partial charge in [-0.1, -0.05) is 0 Å². The molecule has 1 saturated carbocycles. The number of pyridine rings is 1. The van der Waals surface area contributed by atoms with Gasteiger partial charge < -0.3 is 20.8 Å². The number of sulfone groups is 1. The van der Waals surface area contributed by atoms with Gasteiger partial charge in [0, 0.05) is 34.9 Å². The Bertz CT molecular complexity index is 1260. The van der Waals surface area contributed by atoms with Gasteiger partial charge in [-0.3, -0.25) is 9.59 Å². The summed E-state index contributed by atoms with van der Waals surface area (Å²) in [6.45, 7) is 0. The third-order valence-corrected chi connectivity index (χ3v) is 7.94. The predicted octanol–water partition coefficient (Wildman–Crippen LogP) is 2.07. The molecule has 2 atom stereocenters. The number of hydrogen-bond donors (Lipinski definition) is 4. The van der Waals surface area contributed by atoms with Crippen molar-refractivity contribution < 1.29 is 18.3 Å². The Balaban J connectivity index is 1.83. The Morgan fingerprint density at radius 3 is 2.76 bits per heavy atom. The minimum Gasteiger partial charge on any atom is -0.481 e. The summed E-state index contributed by atoms with van der Waals surface area (Å²) in [5.74, 6) is -0.879. The average Bonchev–Trinajstić information content (AvgIpc) is 3.29. The highest BCUT2D eigenvalue weighted by Gasteiger charge is 2.34. The van der Waals surface area contributed by atoms with E-state index in [2.05, 4.69) is 9.97 Å². The molecule has 1 fully saturated rings. The molecule has 0 aliphatic heterocycles. The van der Waals surface area contributed by atoms with Crippen LogP contribution >= 0.6 is 0 Å². The zero-order valence-electron chi connectivity index (χ0n) is 15.8. The maximum absolute atomic E-state index is 13.1. The number of aromatic amines is 2. The van der Waals surface area contributed by atoms with Gasteiger partial charge in [0.2, 0.25) is 0 Å². The number of aliphatic carboxylic acids is 1. The molecule has 0 radical (unpaired) electrons. The molecule has 3 aromatic rings. The van der Waals surface area contributed by atoms with Gasteiger partial charge in [0.25, 0.3) is 5.56 Å². The van der Waals surface area contributed by atoms with Crippen LogP contribution in [0.2, 0.25) is 0 Å². The molecule has 1 unspecified atom stereocenters. The maximum atomic E-state index is 13.1. The van der Waals surface area contributed by atoms with Gasteiger partial charge in [0.05, 0.1) is 10.1 Å². The molecule has 1 aromatic carbocycles. The van der Waals surface area contributed by atoms with Crippen LogP contribution in [-0.4, -0.2) is 40.8 Å². The molecule has 0 saturated heterocycles. The first-order valence-electron chi connectivity index (χ1n) is 9.64. The lowest BCUT2D eigenvalue weighted by molar-refractivity contribution is -0.137. The van der Waals surface area contributed by atoms with Crippen LogP contribution in [0.4, 0.5) is 0 Å². The first-order valence-corrected chi connectivity index (χ1v) is 11.2. The fourth-order valence-electron chi connectivity index (χ4n) is 4.23. The minimum atomic E-state index is -3.53. The predicted molar refractivity (Wildman–Crippen MR) is 110 cm³/mol. The Labute approximate surface area is 167 Å². The van der Waals surface area contributed by atoms with Gasteiger partial charge in [-0.05, 0) is 55.9 Å². The largest absolute Gasteiger partial charge is 0.481 e. The van der Waals surface area contributed by atoms with E-state index >= 15 is 0 Å². The summed E-state index contributed by atoms with van der Waals surface area (Å²) in [5.41, 5.74) is 7.32. The van der Waals surface area contributed by atoms with Crippen molar-refractivity contribution in [3.8, 4) is 0 Å². The summed E-state index contributed by atoms with van der Waals surface area (Å²) in [7, 11) is -3.53. The molecule has 29 heavy (non-hydrogen) atoms. The van der Waals surface area contributed by atoms with Crippen molar-refractivity contribution in [2.24, 2.45) is 5.73 Å². The van der Waals surface area contributed by atoms with E-state index in [1.807, 2.05) is 0 Å². The van der Waals surface area contributed by atoms with Crippen LogP contribution in [0.15, 0.2) is 34.1 Å². The van der Waals surface area contributed by atoms with E-state index in [-0.39, 0.29) is 22.9 Å². The summed E-state index contributed by atoms with van der Waals surface area (Å²) in [6.07, 6.45) is 4.31. The summed E-state index contributed by atoms with van der Waals surface area (Å²) in [5, 5.41) is 9.67. The van der Waals surface area contributed by atoms with Crippen LogP contribution < -0.4 is 11.3 Å². The molecule has 1 aliphatic carbocycles. The molecule has 4 rings (SSSR count). The number of H-pyrrole nitrogens is 2.